The summed E-state index contributed by atoms with van der Waals surface area (Å²) < 4.78 is 19.6. The molecule has 0 spiro atoms. The minimum atomic E-state index is -0.330. The second kappa shape index (κ2) is 9.18. The standard InChI is InChI=1S/C23H22FN3O3S/c1-30-20-10-9-17(25-22(28)21-8-4-13-31-21)14-19(20)27-12-5-11-26(23(27)29)15-16-6-2-3-7-18(16)24/h2-4,6-10,13-14H,5,11-12,15H2,1H3,(H,25,28). The van der Waals surface area contributed by atoms with Gasteiger partial charge >= 0.3 is 6.03 Å². The number of halogens is 1. The van der Waals surface area contributed by atoms with Crippen LogP contribution in [-0.2, 0) is 6.54 Å². The zero-order valence-electron chi connectivity index (χ0n) is 17.0. The maximum absolute atomic E-state index is 14.1. The number of benzene rings is 2. The minimum absolute atomic E-state index is 0.194. The van der Waals surface area contributed by atoms with E-state index < -0.39 is 0 Å². The van der Waals surface area contributed by atoms with Crippen molar-refractivity contribution in [2.24, 2.45) is 0 Å². The van der Waals surface area contributed by atoms with Gasteiger partial charge in [0.2, 0.25) is 0 Å². The fourth-order valence-corrected chi connectivity index (χ4v) is 4.18. The van der Waals surface area contributed by atoms with Crippen LogP contribution in [0.4, 0.5) is 20.6 Å². The molecule has 4 rings (SSSR count). The molecule has 160 valence electrons. The zero-order chi connectivity index (χ0) is 21.8. The summed E-state index contributed by atoms with van der Waals surface area (Å²) in [6.07, 6.45) is 0.731. The molecule has 0 unspecified atom stereocenters. The number of carbonyl (C=O) groups is 2. The number of anilines is 2. The molecule has 3 amide bonds. The highest BCUT2D eigenvalue weighted by Crippen LogP contribution is 2.34. The topological polar surface area (TPSA) is 61.9 Å². The third kappa shape index (κ3) is 4.54. The highest BCUT2D eigenvalue weighted by Gasteiger charge is 2.29. The number of carbonyl (C=O) groups excluding carboxylic acids is 2. The second-order valence-electron chi connectivity index (χ2n) is 7.12. The van der Waals surface area contributed by atoms with Gasteiger partial charge in [-0.05, 0) is 42.1 Å². The van der Waals surface area contributed by atoms with Crippen LogP contribution in [0.5, 0.6) is 5.75 Å². The van der Waals surface area contributed by atoms with Gasteiger partial charge in [0.1, 0.15) is 11.6 Å². The van der Waals surface area contributed by atoms with E-state index in [1.165, 1.54) is 24.5 Å². The molecule has 1 N–H and O–H groups in total. The smallest absolute Gasteiger partial charge is 0.324 e. The van der Waals surface area contributed by atoms with Crippen molar-refractivity contribution >= 4 is 34.6 Å². The third-order valence-electron chi connectivity index (χ3n) is 5.10. The Hall–Kier alpha value is -3.39. The predicted molar refractivity (Wildman–Crippen MR) is 119 cm³/mol. The summed E-state index contributed by atoms with van der Waals surface area (Å²) in [6.45, 7) is 1.24. The van der Waals surface area contributed by atoms with Crippen LogP contribution in [0.25, 0.3) is 0 Å². The van der Waals surface area contributed by atoms with Crippen molar-refractivity contribution in [2.45, 2.75) is 13.0 Å². The Labute approximate surface area is 183 Å². The van der Waals surface area contributed by atoms with E-state index in [2.05, 4.69) is 5.32 Å². The Morgan fingerprint density at radius 1 is 1.16 bits per heavy atom. The quantitative estimate of drug-likeness (QED) is 0.589. The Morgan fingerprint density at radius 3 is 2.74 bits per heavy atom. The van der Waals surface area contributed by atoms with Gasteiger partial charge in [-0.2, -0.15) is 0 Å². The lowest BCUT2D eigenvalue weighted by molar-refractivity contribution is 0.103. The number of urea groups is 1. The molecule has 1 aromatic heterocycles. The van der Waals surface area contributed by atoms with Gasteiger partial charge < -0.3 is 15.0 Å². The molecule has 3 aromatic rings. The van der Waals surface area contributed by atoms with Gasteiger partial charge in [-0.15, -0.1) is 11.3 Å². The molecule has 0 saturated carbocycles. The highest BCUT2D eigenvalue weighted by atomic mass is 32.1. The SMILES string of the molecule is COc1ccc(NC(=O)c2cccs2)cc1N1CCCN(Cc2ccccc2F)C1=O. The summed E-state index contributed by atoms with van der Waals surface area (Å²) in [5.74, 6) is -0.0178. The number of hydrogen-bond donors (Lipinski definition) is 1. The van der Waals surface area contributed by atoms with Crippen molar-refractivity contribution in [1.29, 1.82) is 0 Å². The summed E-state index contributed by atoms with van der Waals surface area (Å²) in [4.78, 5) is 29.5. The van der Waals surface area contributed by atoms with Crippen LogP contribution >= 0.6 is 11.3 Å². The molecule has 1 fully saturated rings. The maximum Gasteiger partial charge on any atom is 0.324 e. The maximum atomic E-state index is 14.1. The Kier molecular flexibility index (Phi) is 6.18. The fourth-order valence-electron chi connectivity index (χ4n) is 3.56. The van der Waals surface area contributed by atoms with Gasteiger partial charge in [0.05, 0.1) is 24.2 Å². The average molecular weight is 440 g/mol. The molecule has 2 heterocycles. The van der Waals surface area contributed by atoms with Gasteiger partial charge in [-0.3, -0.25) is 9.69 Å². The first-order valence-corrected chi connectivity index (χ1v) is 10.8. The van der Waals surface area contributed by atoms with Gasteiger partial charge in [-0.1, -0.05) is 24.3 Å². The van der Waals surface area contributed by atoms with E-state index in [1.54, 1.807) is 52.3 Å². The Bertz CT molecular complexity index is 1090. The second-order valence-corrected chi connectivity index (χ2v) is 8.07. The van der Waals surface area contributed by atoms with Crippen molar-refractivity contribution in [2.75, 3.05) is 30.4 Å². The first-order chi connectivity index (χ1) is 15.1. The van der Waals surface area contributed by atoms with E-state index in [-0.39, 0.29) is 24.3 Å². The molecule has 8 heteroatoms. The van der Waals surface area contributed by atoms with Crippen LogP contribution < -0.4 is 15.0 Å². The number of ether oxygens (including phenoxy) is 1. The van der Waals surface area contributed by atoms with E-state index in [0.29, 0.717) is 40.7 Å². The zero-order valence-corrected chi connectivity index (χ0v) is 17.8. The van der Waals surface area contributed by atoms with E-state index in [0.717, 1.165) is 6.42 Å². The number of hydrogen-bond acceptors (Lipinski definition) is 4. The number of thiophene rings is 1. The summed E-state index contributed by atoms with van der Waals surface area (Å²) in [7, 11) is 1.54. The predicted octanol–water partition coefficient (Wildman–Crippen LogP) is 4.98. The van der Waals surface area contributed by atoms with Gasteiger partial charge in [0.25, 0.3) is 5.91 Å². The minimum Gasteiger partial charge on any atom is -0.495 e. The lowest BCUT2D eigenvalue weighted by Gasteiger charge is -2.36. The summed E-state index contributed by atoms with van der Waals surface area (Å²) in [6, 6.07) is 15.0. The summed E-state index contributed by atoms with van der Waals surface area (Å²) >= 11 is 1.35. The first-order valence-electron chi connectivity index (χ1n) is 9.89. The fraction of sp³-hybridized carbons (Fsp3) is 0.217. The summed E-state index contributed by atoms with van der Waals surface area (Å²) in [5, 5.41) is 4.70. The van der Waals surface area contributed by atoms with Crippen molar-refractivity contribution in [1.82, 2.24) is 4.90 Å². The number of methoxy groups -OCH3 is 1. The molecule has 6 nitrogen and oxygen atoms in total. The van der Waals surface area contributed by atoms with Crippen LogP contribution in [0, 0.1) is 5.82 Å². The summed E-state index contributed by atoms with van der Waals surface area (Å²) in [5.41, 5.74) is 1.60. The number of nitrogens with zero attached hydrogens (tertiary/aromatic N) is 2. The molecular weight excluding hydrogens is 417 g/mol. The van der Waals surface area contributed by atoms with Crippen LogP contribution in [-0.4, -0.2) is 37.0 Å². The molecule has 1 aliphatic heterocycles. The van der Waals surface area contributed by atoms with Gasteiger partial charge in [-0.25, -0.2) is 9.18 Å². The lowest BCUT2D eigenvalue weighted by Crippen LogP contribution is -2.49. The monoisotopic (exact) mass is 439 g/mol. The first kappa shape index (κ1) is 20.9. The van der Waals surface area contributed by atoms with Crippen LogP contribution in [0.15, 0.2) is 60.0 Å². The van der Waals surface area contributed by atoms with E-state index >= 15 is 0 Å². The molecule has 0 bridgehead atoms. The molecule has 1 aliphatic rings. The lowest BCUT2D eigenvalue weighted by atomic mass is 10.1. The molecular formula is C23H22FN3O3S. The molecule has 1 saturated heterocycles. The van der Waals surface area contributed by atoms with Crippen molar-refractivity contribution in [3.8, 4) is 5.75 Å². The van der Waals surface area contributed by atoms with Crippen LogP contribution in [0.1, 0.15) is 21.7 Å². The Morgan fingerprint density at radius 2 is 2.00 bits per heavy atom. The van der Waals surface area contributed by atoms with Crippen molar-refractivity contribution in [3.05, 3.63) is 76.2 Å². The van der Waals surface area contributed by atoms with Crippen molar-refractivity contribution in [3.63, 3.8) is 0 Å². The average Bonchev–Trinajstić information content (AvgIpc) is 3.32. The number of nitrogens with one attached hydrogen (secondary N) is 1. The van der Waals surface area contributed by atoms with Crippen LogP contribution in [0.3, 0.4) is 0 Å². The van der Waals surface area contributed by atoms with Gasteiger partial charge in [0.15, 0.2) is 0 Å². The van der Waals surface area contributed by atoms with Gasteiger partial charge in [0, 0.05) is 24.3 Å². The molecule has 0 radical (unpaired) electrons. The number of amides is 3. The largest absolute Gasteiger partial charge is 0.495 e. The molecule has 2 aromatic carbocycles. The Balaban J connectivity index is 1.57. The van der Waals surface area contributed by atoms with Crippen LogP contribution in [0.2, 0.25) is 0 Å². The van der Waals surface area contributed by atoms with E-state index in [1.807, 2.05) is 11.4 Å². The molecule has 31 heavy (non-hydrogen) atoms. The highest BCUT2D eigenvalue weighted by molar-refractivity contribution is 7.12. The van der Waals surface area contributed by atoms with E-state index in [9.17, 15) is 14.0 Å². The van der Waals surface area contributed by atoms with E-state index in [4.69, 9.17) is 4.74 Å². The third-order valence-corrected chi connectivity index (χ3v) is 5.97. The number of rotatable bonds is 6. The normalized spacial score (nSPS) is 13.9. The van der Waals surface area contributed by atoms with Crippen molar-refractivity contribution < 1.29 is 18.7 Å². The molecule has 0 atom stereocenters. The molecule has 0 aliphatic carbocycles.